The quantitative estimate of drug-likeness (QED) is 0.770. The fraction of sp³-hybridized carbons (Fsp3) is 0.857. The Morgan fingerprint density at radius 1 is 1.67 bits per heavy atom. The second kappa shape index (κ2) is 6.47. The minimum absolute atomic E-state index is 0.0517. The van der Waals surface area contributed by atoms with E-state index in [1.54, 1.807) is 0 Å². The summed E-state index contributed by atoms with van der Waals surface area (Å²) in [5.41, 5.74) is 0. The second-order valence-electron chi connectivity index (χ2n) is 3.02. The molecule has 0 aromatic heterocycles. The van der Waals surface area contributed by atoms with Crippen LogP contribution in [0.1, 0.15) is 20.3 Å². The third-order valence-corrected chi connectivity index (χ3v) is 1.77. The van der Waals surface area contributed by atoms with Gasteiger partial charge in [-0.05, 0) is 12.3 Å². The van der Waals surface area contributed by atoms with Crippen LogP contribution < -0.4 is 5.32 Å². The normalized spacial score (nSPS) is 12.8. The highest BCUT2D eigenvalue weighted by molar-refractivity contribution is 14.1. The molecule has 72 valence electrons. The van der Waals surface area contributed by atoms with Crippen LogP contribution in [0.2, 0.25) is 0 Å². The summed E-state index contributed by atoms with van der Waals surface area (Å²) < 4.78 is 4.37. The van der Waals surface area contributed by atoms with Crippen molar-refractivity contribution in [3.8, 4) is 0 Å². The molecule has 0 bridgehead atoms. The van der Waals surface area contributed by atoms with Gasteiger partial charge in [0.2, 0.25) is 0 Å². The maximum absolute atomic E-state index is 10.7. The van der Waals surface area contributed by atoms with Crippen LogP contribution in [0.5, 0.6) is 0 Å². The molecule has 0 aromatic carbocycles. The number of carbonyl (C=O) groups excluding carboxylic acids is 1. The molecule has 5 heteroatoms. The van der Waals surface area contributed by atoms with Crippen LogP contribution in [-0.2, 0) is 3.07 Å². The largest absolute Gasteiger partial charge is 0.416 e. The Morgan fingerprint density at radius 3 is 2.58 bits per heavy atom. The first-order chi connectivity index (χ1) is 5.60. The van der Waals surface area contributed by atoms with E-state index < -0.39 is 6.09 Å². The van der Waals surface area contributed by atoms with Gasteiger partial charge in [0.15, 0.2) is 23.0 Å². The van der Waals surface area contributed by atoms with Crippen molar-refractivity contribution in [3.63, 3.8) is 0 Å². The van der Waals surface area contributed by atoms with Gasteiger partial charge in [-0.15, -0.1) is 0 Å². The Kier molecular flexibility index (Phi) is 6.45. The Morgan fingerprint density at radius 2 is 2.25 bits per heavy atom. The third kappa shape index (κ3) is 5.59. The highest BCUT2D eigenvalue weighted by Gasteiger charge is 2.12. The molecule has 12 heavy (non-hydrogen) atoms. The van der Waals surface area contributed by atoms with Gasteiger partial charge >= 0.3 is 6.09 Å². The zero-order chi connectivity index (χ0) is 9.56. The van der Waals surface area contributed by atoms with E-state index in [2.05, 4.69) is 8.38 Å². The zero-order valence-corrected chi connectivity index (χ0v) is 9.37. The number of hydrogen-bond acceptors (Lipinski definition) is 3. The average Bonchev–Trinajstić information content (AvgIpc) is 2.02. The van der Waals surface area contributed by atoms with E-state index in [-0.39, 0.29) is 12.6 Å². The molecular weight excluding hydrogens is 273 g/mol. The lowest BCUT2D eigenvalue weighted by atomic mass is 10.0. The molecule has 0 spiro atoms. The van der Waals surface area contributed by atoms with E-state index in [0.717, 1.165) is 6.42 Å². The lowest BCUT2D eigenvalue weighted by Gasteiger charge is -2.16. The summed E-state index contributed by atoms with van der Waals surface area (Å²) in [6, 6.07) is -0.202. The first kappa shape index (κ1) is 12.0. The van der Waals surface area contributed by atoms with Crippen molar-refractivity contribution >= 4 is 29.1 Å². The minimum atomic E-state index is -0.504. The Bertz CT molecular complexity index is 141. The number of amides is 1. The van der Waals surface area contributed by atoms with E-state index in [0.29, 0.717) is 5.92 Å². The summed E-state index contributed by atoms with van der Waals surface area (Å²) in [6.07, 6.45) is 0.248. The van der Waals surface area contributed by atoms with Crippen LogP contribution in [0.4, 0.5) is 4.79 Å². The fourth-order valence-electron chi connectivity index (χ4n) is 0.937. The fourth-order valence-corrected chi connectivity index (χ4v) is 1.06. The molecule has 0 saturated heterocycles. The van der Waals surface area contributed by atoms with E-state index in [1.165, 1.54) is 23.0 Å². The van der Waals surface area contributed by atoms with Crippen LogP contribution >= 0.6 is 23.0 Å². The van der Waals surface area contributed by atoms with Gasteiger partial charge in [0.1, 0.15) is 0 Å². The highest BCUT2D eigenvalue weighted by atomic mass is 127. The van der Waals surface area contributed by atoms with Crippen LogP contribution in [0.15, 0.2) is 0 Å². The first-order valence-electron chi connectivity index (χ1n) is 3.80. The number of halogens is 1. The molecule has 0 aliphatic carbocycles. The van der Waals surface area contributed by atoms with E-state index in [1.807, 2.05) is 13.8 Å². The number of aliphatic hydroxyl groups is 1. The lowest BCUT2D eigenvalue weighted by molar-refractivity contribution is 0.188. The summed E-state index contributed by atoms with van der Waals surface area (Å²) in [4.78, 5) is 10.7. The molecule has 0 rings (SSSR count). The SMILES string of the molecule is CC(C)C[C@H](CO)NC(=O)OI. The molecule has 0 aliphatic heterocycles. The van der Waals surface area contributed by atoms with Gasteiger partial charge in [0.05, 0.1) is 12.6 Å². The van der Waals surface area contributed by atoms with Crippen molar-refractivity contribution in [1.82, 2.24) is 5.32 Å². The van der Waals surface area contributed by atoms with Crippen molar-refractivity contribution in [2.45, 2.75) is 26.3 Å². The Balaban J connectivity index is 3.74. The zero-order valence-electron chi connectivity index (χ0n) is 7.21. The van der Waals surface area contributed by atoms with Gasteiger partial charge in [-0.3, -0.25) is 0 Å². The molecule has 0 aliphatic rings. The molecule has 0 fully saturated rings. The van der Waals surface area contributed by atoms with Gasteiger partial charge in [0.25, 0.3) is 0 Å². The lowest BCUT2D eigenvalue weighted by Crippen LogP contribution is -2.37. The monoisotopic (exact) mass is 287 g/mol. The van der Waals surface area contributed by atoms with E-state index in [4.69, 9.17) is 5.11 Å². The molecule has 2 N–H and O–H groups in total. The topological polar surface area (TPSA) is 58.6 Å². The summed E-state index contributed by atoms with van der Waals surface area (Å²) in [7, 11) is 0. The molecule has 0 heterocycles. The smallest absolute Gasteiger partial charge is 0.394 e. The van der Waals surface area contributed by atoms with Crippen LogP contribution in [0.3, 0.4) is 0 Å². The van der Waals surface area contributed by atoms with E-state index >= 15 is 0 Å². The standard InChI is InChI=1S/C7H14INO3/c1-5(2)3-6(4-10)9-7(11)12-8/h5-6,10H,3-4H2,1-2H3,(H,9,11)/t6-/m1/s1. The highest BCUT2D eigenvalue weighted by Crippen LogP contribution is 2.04. The van der Waals surface area contributed by atoms with Crippen molar-refractivity contribution in [2.24, 2.45) is 5.92 Å². The summed E-state index contributed by atoms with van der Waals surface area (Å²) in [6.45, 7) is 4.00. The third-order valence-electron chi connectivity index (χ3n) is 1.37. The van der Waals surface area contributed by atoms with Gasteiger partial charge in [-0.1, -0.05) is 13.8 Å². The molecule has 0 aromatic rings. The van der Waals surface area contributed by atoms with Gasteiger partial charge in [0, 0.05) is 0 Å². The van der Waals surface area contributed by atoms with Crippen molar-refractivity contribution in [2.75, 3.05) is 6.61 Å². The van der Waals surface area contributed by atoms with E-state index in [9.17, 15) is 4.79 Å². The molecule has 1 amide bonds. The molecule has 0 radical (unpaired) electrons. The predicted molar refractivity (Wildman–Crippen MR) is 54.0 cm³/mol. The van der Waals surface area contributed by atoms with Crippen LogP contribution in [-0.4, -0.2) is 23.8 Å². The van der Waals surface area contributed by atoms with Gasteiger partial charge in [-0.25, -0.2) is 4.79 Å². The predicted octanol–water partition coefficient (Wildman–Crippen LogP) is 1.47. The molecule has 0 unspecified atom stereocenters. The van der Waals surface area contributed by atoms with Crippen molar-refractivity contribution < 1.29 is 13.0 Å². The summed E-state index contributed by atoms with van der Waals surface area (Å²) in [5, 5.41) is 11.4. The maximum Gasteiger partial charge on any atom is 0.416 e. The molecule has 1 atom stereocenters. The van der Waals surface area contributed by atoms with Crippen LogP contribution in [0.25, 0.3) is 0 Å². The summed E-state index contributed by atoms with van der Waals surface area (Å²) in [5.74, 6) is 0.441. The Hall–Kier alpha value is -0.0400. The summed E-state index contributed by atoms with van der Waals surface area (Å²) >= 11 is 1.50. The second-order valence-corrected chi connectivity index (χ2v) is 3.46. The number of carbonyl (C=O) groups is 1. The van der Waals surface area contributed by atoms with Gasteiger partial charge < -0.3 is 13.5 Å². The molecular formula is C7H14INO3. The number of nitrogens with one attached hydrogen (secondary N) is 1. The van der Waals surface area contributed by atoms with Crippen molar-refractivity contribution in [3.05, 3.63) is 0 Å². The number of hydrogen-bond donors (Lipinski definition) is 2. The first-order valence-corrected chi connectivity index (χ1v) is 4.68. The van der Waals surface area contributed by atoms with Crippen LogP contribution in [0, 0.1) is 5.92 Å². The Labute approximate surface area is 86.4 Å². The molecule has 4 nitrogen and oxygen atoms in total. The maximum atomic E-state index is 10.7. The van der Waals surface area contributed by atoms with Gasteiger partial charge in [-0.2, -0.15) is 0 Å². The number of rotatable bonds is 4. The average molecular weight is 287 g/mol. The minimum Gasteiger partial charge on any atom is -0.394 e. The molecule has 0 saturated carbocycles. The van der Waals surface area contributed by atoms with Crippen molar-refractivity contribution in [1.29, 1.82) is 0 Å². The number of aliphatic hydroxyl groups excluding tert-OH is 1.